The van der Waals surface area contributed by atoms with Crippen molar-refractivity contribution in [3.8, 4) is 0 Å². The van der Waals surface area contributed by atoms with Crippen molar-refractivity contribution in [3.05, 3.63) is 30.1 Å². The molecule has 10 heteroatoms. The number of hydrogen-bond donors (Lipinski definition) is 0. The SMILES string of the molecule is CCOC(=O)N1CCN(S(=O)(=O)N(CCN(C)C)Cc2cccnc2)CC1. The molecule has 0 bridgehead atoms. The maximum absolute atomic E-state index is 13.2. The molecular formula is C17H29N5O4S. The smallest absolute Gasteiger partial charge is 0.409 e. The average molecular weight is 400 g/mol. The Balaban J connectivity index is 2.07. The second-order valence-electron chi connectivity index (χ2n) is 6.59. The molecule has 0 radical (unpaired) electrons. The summed E-state index contributed by atoms with van der Waals surface area (Å²) in [7, 11) is 0.173. The monoisotopic (exact) mass is 399 g/mol. The van der Waals surface area contributed by atoms with Crippen LogP contribution in [0.25, 0.3) is 0 Å². The Bertz CT molecular complexity index is 691. The molecule has 1 amide bonds. The largest absolute Gasteiger partial charge is 0.450 e. The zero-order valence-electron chi connectivity index (χ0n) is 16.2. The van der Waals surface area contributed by atoms with Gasteiger partial charge < -0.3 is 14.5 Å². The molecule has 0 saturated carbocycles. The third kappa shape index (κ3) is 6.13. The van der Waals surface area contributed by atoms with Crippen molar-refractivity contribution in [2.75, 3.05) is 60.0 Å². The van der Waals surface area contributed by atoms with Crippen LogP contribution in [-0.2, 0) is 21.5 Å². The van der Waals surface area contributed by atoms with Gasteiger partial charge in [0.25, 0.3) is 10.2 Å². The maximum atomic E-state index is 13.2. The van der Waals surface area contributed by atoms with Crippen LogP contribution in [0, 0.1) is 0 Å². The van der Waals surface area contributed by atoms with Crippen molar-refractivity contribution in [3.63, 3.8) is 0 Å². The molecule has 0 aliphatic carbocycles. The number of carbonyl (C=O) groups is 1. The summed E-state index contributed by atoms with van der Waals surface area (Å²) in [4.78, 5) is 19.4. The summed E-state index contributed by atoms with van der Waals surface area (Å²) >= 11 is 0. The summed E-state index contributed by atoms with van der Waals surface area (Å²) < 4.78 is 34.3. The van der Waals surface area contributed by atoms with Gasteiger partial charge in [-0.3, -0.25) is 4.98 Å². The normalized spacial score (nSPS) is 16.1. The summed E-state index contributed by atoms with van der Waals surface area (Å²) in [6.45, 7) is 4.48. The lowest BCUT2D eigenvalue weighted by Crippen LogP contribution is -2.54. The molecule has 0 N–H and O–H groups in total. The molecule has 0 spiro atoms. The summed E-state index contributed by atoms with van der Waals surface area (Å²) in [5.41, 5.74) is 0.838. The third-order valence-electron chi connectivity index (χ3n) is 4.30. The lowest BCUT2D eigenvalue weighted by Gasteiger charge is -2.36. The van der Waals surface area contributed by atoms with Crippen molar-refractivity contribution >= 4 is 16.3 Å². The number of pyridine rings is 1. The molecule has 1 aromatic heterocycles. The van der Waals surface area contributed by atoms with Crippen LogP contribution in [0.3, 0.4) is 0 Å². The number of ether oxygens (including phenoxy) is 1. The number of hydrogen-bond acceptors (Lipinski definition) is 6. The Hall–Kier alpha value is -1.75. The van der Waals surface area contributed by atoms with Crippen molar-refractivity contribution in [1.29, 1.82) is 0 Å². The molecule has 1 aromatic rings. The fourth-order valence-electron chi connectivity index (χ4n) is 2.76. The number of rotatable bonds is 8. The van der Waals surface area contributed by atoms with Crippen LogP contribution in [0.4, 0.5) is 4.79 Å². The van der Waals surface area contributed by atoms with Gasteiger partial charge in [0.1, 0.15) is 0 Å². The second kappa shape index (κ2) is 9.98. The minimum absolute atomic E-state index is 0.257. The fourth-order valence-corrected chi connectivity index (χ4v) is 4.34. The lowest BCUT2D eigenvalue weighted by molar-refractivity contribution is 0.0923. The molecule has 9 nitrogen and oxygen atoms in total. The minimum atomic E-state index is -3.65. The molecule has 0 aromatic carbocycles. The van der Waals surface area contributed by atoms with E-state index in [1.54, 1.807) is 30.3 Å². The third-order valence-corrected chi connectivity index (χ3v) is 6.28. The predicted molar refractivity (Wildman–Crippen MR) is 102 cm³/mol. The summed E-state index contributed by atoms with van der Waals surface area (Å²) in [6, 6.07) is 3.66. The highest BCUT2D eigenvalue weighted by atomic mass is 32.2. The predicted octanol–water partition coefficient (Wildman–Crippen LogP) is 0.464. The van der Waals surface area contributed by atoms with E-state index in [4.69, 9.17) is 4.74 Å². The number of likely N-dealkylation sites (N-methyl/N-ethyl adjacent to an activating group) is 1. The number of amides is 1. The highest BCUT2D eigenvalue weighted by Crippen LogP contribution is 2.16. The average Bonchev–Trinajstić information content (AvgIpc) is 2.66. The zero-order valence-corrected chi connectivity index (χ0v) is 17.1. The van der Waals surface area contributed by atoms with Crippen LogP contribution >= 0.6 is 0 Å². The van der Waals surface area contributed by atoms with Gasteiger partial charge in [0.05, 0.1) is 6.61 Å². The van der Waals surface area contributed by atoms with Gasteiger partial charge in [-0.05, 0) is 32.6 Å². The van der Waals surface area contributed by atoms with Crippen LogP contribution in [0.15, 0.2) is 24.5 Å². The van der Waals surface area contributed by atoms with Gasteiger partial charge in [-0.1, -0.05) is 6.07 Å². The standard InChI is InChI=1S/C17H29N5O4S/c1-4-26-17(23)20-9-12-21(13-10-20)27(24,25)22(11-8-19(2)3)15-16-6-5-7-18-14-16/h5-7,14H,4,8-13,15H2,1-3H3. The highest BCUT2D eigenvalue weighted by Gasteiger charge is 2.33. The van der Waals surface area contributed by atoms with E-state index in [9.17, 15) is 13.2 Å². The first-order valence-corrected chi connectivity index (χ1v) is 10.4. The highest BCUT2D eigenvalue weighted by molar-refractivity contribution is 7.86. The van der Waals surface area contributed by atoms with Crippen LogP contribution in [0.5, 0.6) is 0 Å². The van der Waals surface area contributed by atoms with E-state index in [2.05, 4.69) is 4.98 Å². The number of aromatic nitrogens is 1. The van der Waals surface area contributed by atoms with E-state index in [-0.39, 0.29) is 19.6 Å². The second-order valence-corrected chi connectivity index (χ2v) is 8.52. The molecule has 1 aliphatic rings. The first kappa shape index (κ1) is 21.5. The Morgan fingerprint density at radius 3 is 2.48 bits per heavy atom. The van der Waals surface area contributed by atoms with Gasteiger partial charge in [0.15, 0.2) is 0 Å². The van der Waals surface area contributed by atoms with E-state index in [1.807, 2.05) is 25.1 Å². The Morgan fingerprint density at radius 1 is 1.22 bits per heavy atom. The van der Waals surface area contributed by atoms with Gasteiger partial charge in [-0.25, -0.2) is 4.79 Å². The van der Waals surface area contributed by atoms with E-state index >= 15 is 0 Å². The topological polar surface area (TPSA) is 86.3 Å². The molecule has 1 saturated heterocycles. The van der Waals surface area contributed by atoms with Gasteiger partial charge in [0.2, 0.25) is 0 Å². The van der Waals surface area contributed by atoms with Crippen molar-refractivity contribution < 1.29 is 17.9 Å². The van der Waals surface area contributed by atoms with E-state index in [0.29, 0.717) is 32.8 Å². The van der Waals surface area contributed by atoms with Crippen molar-refractivity contribution in [2.45, 2.75) is 13.5 Å². The number of nitrogens with zero attached hydrogens (tertiary/aromatic N) is 5. The molecule has 152 valence electrons. The molecule has 2 rings (SSSR count). The Labute approximate surface area is 161 Å². The van der Waals surface area contributed by atoms with Crippen LogP contribution in [-0.4, -0.2) is 97.9 Å². The zero-order chi connectivity index (χ0) is 19.9. The summed E-state index contributed by atoms with van der Waals surface area (Å²) in [5.74, 6) is 0. The Morgan fingerprint density at radius 2 is 1.93 bits per heavy atom. The van der Waals surface area contributed by atoms with Gasteiger partial charge >= 0.3 is 6.09 Å². The number of piperazine rings is 1. The molecule has 0 atom stereocenters. The van der Waals surface area contributed by atoms with Crippen molar-refractivity contribution in [1.82, 2.24) is 23.4 Å². The molecular weight excluding hydrogens is 370 g/mol. The molecule has 27 heavy (non-hydrogen) atoms. The Kier molecular flexibility index (Phi) is 7.96. The quantitative estimate of drug-likeness (QED) is 0.631. The van der Waals surface area contributed by atoms with Crippen molar-refractivity contribution in [2.24, 2.45) is 0 Å². The van der Waals surface area contributed by atoms with Crippen LogP contribution in [0.1, 0.15) is 12.5 Å². The first-order chi connectivity index (χ1) is 12.8. The van der Waals surface area contributed by atoms with Gasteiger partial charge in [0, 0.05) is 58.2 Å². The van der Waals surface area contributed by atoms with Crippen LogP contribution in [0.2, 0.25) is 0 Å². The first-order valence-electron chi connectivity index (χ1n) is 9.05. The summed E-state index contributed by atoms with van der Waals surface area (Å²) in [6.07, 6.45) is 2.95. The molecule has 0 unspecified atom stereocenters. The van der Waals surface area contributed by atoms with E-state index in [1.165, 1.54) is 8.61 Å². The molecule has 1 aliphatic heterocycles. The summed E-state index contributed by atoms with van der Waals surface area (Å²) in [5, 5.41) is 0. The fraction of sp³-hybridized carbons (Fsp3) is 0.647. The number of carbonyl (C=O) groups excluding carboxylic acids is 1. The molecule has 1 fully saturated rings. The van der Waals surface area contributed by atoms with E-state index < -0.39 is 16.3 Å². The maximum Gasteiger partial charge on any atom is 0.409 e. The van der Waals surface area contributed by atoms with Gasteiger partial charge in [-0.15, -0.1) is 0 Å². The van der Waals surface area contributed by atoms with Gasteiger partial charge in [-0.2, -0.15) is 17.0 Å². The van der Waals surface area contributed by atoms with E-state index in [0.717, 1.165) is 5.56 Å². The minimum Gasteiger partial charge on any atom is -0.450 e. The van der Waals surface area contributed by atoms with Crippen LogP contribution < -0.4 is 0 Å². The molecule has 2 heterocycles. The lowest BCUT2D eigenvalue weighted by atomic mass is 10.3.